The van der Waals surface area contributed by atoms with Gasteiger partial charge < -0.3 is 34.7 Å². The standard InChI is InChI=1S/C29H34N2O6/c1-29(37-6)26(34-3)17-20(18-27(29)35-4)12-11-19-15-23(28(36-5)25(16-19)33-2)31-14-13-24(32)21-9-7-8-10-22(21)30/h7-18,26,31H,30H2,1-6H3/b12-11-,14-13-. The molecule has 0 bridgehead atoms. The number of allylic oxidation sites excluding steroid dienone is 4. The van der Waals surface area contributed by atoms with E-state index < -0.39 is 5.60 Å². The van der Waals surface area contributed by atoms with Crippen molar-refractivity contribution in [2.24, 2.45) is 0 Å². The zero-order valence-corrected chi connectivity index (χ0v) is 22.0. The third-order valence-corrected chi connectivity index (χ3v) is 6.24. The summed E-state index contributed by atoms with van der Waals surface area (Å²) in [6.45, 7) is 1.92. The van der Waals surface area contributed by atoms with Gasteiger partial charge in [-0.2, -0.15) is 0 Å². The fourth-order valence-electron chi connectivity index (χ4n) is 4.09. The zero-order valence-electron chi connectivity index (χ0n) is 22.0. The SMILES string of the molecule is COC1=CC(/C=C\c2cc(N/C=C\C(=O)c3ccccc3N)c(OC)c(OC)c2)=CC(OC)C1(C)OC. The lowest BCUT2D eigenvalue weighted by atomic mass is 9.88. The van der Waals surface area contributed by atoms with Crippen LogP contribution in [0.3, 0.4) is 0 Å². The van der Waals surface area contributed by atoms with Crippen LogP contribution in [0.1, 0.15) is 22.8 Å². The minimum Gasteiger partial charge on any atom is -0.498 e. The third-order valence-electron chi connectivity index (χ3n) is 6.24. The summed E-state index contributed by atoms with van der Waals surface area (Å²) in [6, 6.07) is 10.7. The highest BCUT2D eigenvalue weighted by Gasteiger charge is 2.41. The lowest BCUT2D eigenvalue weighted by Gasteiger charge is -2.37. The number of hydrogen-bond acceptors (Lipinski definition) is 8. The molecule has 37 heavy (non-hydrogen) atoms. The molecule has 0 heterocycles. The second-order valence-electron chi connectivity index (χ2n) is 8.41. The van der Waals surface area contributed by atoms with Crippen LogP contribution in [0.25, 0.3) is 6.08 Å². The molecule has 196 valence electrons. The summed E-state index contributed by atoms with van der Waals surface area (Å²) in [7, 11) is 8.00. The second kappa shape index (κ2) is 12.3. The molecule has 0 aromatic heterocycles. The Bertz CT molecular complexity index is 1250. The molecule has 3 N–H and O–H groups in total. The van der Waals surface area contributed by atoms with Crippen LogP contribution < -0.4 is 20.5 Å². The largest absolute Gasteiger partial charge is 0.498 e. The molecular formula is C29H34N2O6. The first-order chi connectivity index (χ1) is 17.8. The van der Waals surface area contributed by atoms with Gasteiger partial charge in [0.25, 0.3) is 0 Å². The first-order valence-electron chi connectivity index (χ1n) is 11.6. The molecule has 8 heteroatoms. The highest BCUT2D eigenvalue weighted by atomic mass is 16.6. The maximum absolute atomic E-state index is 12.5. The number of rotatable bonds is 11. The maximum atomic E-state index is 12.5. The van der Waals surface area contributed by atoms with Gasteiger partial charge in [0.2, 0.25) is 0 Å². The van der Waals surface area contributed by atoms with Gasteiger partial charge in [0, 0.05) is 37.7 Å². The molecule has 1 aliphatic carbocycles. The molecule has 2 aromatic rings. The highest BCUT2D eigenvalue weighted by Crippen LogP contribution is 2.38. The number of nitrogens with one attached hydrogen (secondary N) is 1. The molecule has 0 aliphatic heterocycles. The van der Waals surface area contributed by atoms with Gasteiger partial charge in [0.15, 0.2) is 22.9 Å². The van der Waals surface area contributed by atoms with Crippen molar-refractivity contribution in [3.63, 3.8) is 0 Å². The monoisotopic (exact) mass is 506 g/mol. The Kier molecular flexibility index (Phi) is 9.16. The predicted octanol–water partition coefficient (Wildman–Crippen LogP) is 5.00. The number of ketones is 1. The molecule has 0 fully saturated rings. The van der Waals surface area contributed by atoms with Crippen LogP contribution in [-0.2, 0) is 14.2 Å². The van der Waals surface area contributed by atoms with Gasteiger partial charge >= 0.3 is 0 Å². The Morgan fingerprint density at radius 3 is 2.41 bits per heavy atom. The quantitative estimate of drug-likeness (QED) is 0.250. The van der Waals surface area contributed by atoms with Crippen molar-refractivity contribution in [1.82, 2.24) is 0 Å². The van der Waals surface area contributed by atoms with E-state index in [-0.39, 0.29) is 11.9 Å². The molecule has 3 rings (SSSR count). The summed E-state index contributed by atoms with van der Waals surface area (Å²) in [5.41, 5.74) is 8.40. The average Bonchev–Trinajstić information content (AvgIpc) is 2.91. The van der Waals surface area contributed by atoms with Crippen LogP contribution in [0, 0.1) is 0 Å². The van der Waals surface area contributed by atoms with Crippen molar-refractivity contribution in [2.45, 2.75) is 18.6 Å². The van der Waals surface area contributed by atoms with Crippen LogP contribution in [0.2, 0.25) is 0 Å². The van der Waals surface area contributed by atoms with Gasteiger partial charge in [0.05, 0.1) is 27.0 Å². The lowest BCUT2D eigenvalue weighted by Crippen LogP contribution is -2.45. The maximum Gasteiger partial charge on any atom is 0.189 e. The Morgan fingerprint density at radius 1 is 1.03 bits per heavy atom. The topological polar surface area (TPSA) is 101 Å². The van der Waals surface area contributed by atoms with Crippen LogP contribution in [0.5, 0.6) is 11.5 Å². The molecule has 0 spiro atoms. The van der Waals surface area contributed by atoms with Crippen LogP contribution in [-0.4, -0.2) is 53.0 Å². The van der Waals surface area contributed by atoms with E-state index in [0.29, 0.717) is 34.2 Å². The van der Waals surface area contributed by atoms with Gasteiger partial charge in [-0.1, -0.05) is 24.3 Å². The summed E-state index contributed by atoms with van der Waals surface area (Å²) in [5, 5.41) is 3.12. The number of hydrogen-bond donors (Lipinski definition) is 2. The Balaban J connectivity index is 1.89. The van der Waals surface area contributed by atoms with Crippen molar-refractivity contribution in [1.29, 1.82) is 0 Å². The van der Waals surface area contributed by atoms with Gasteiger partial charge in [0.1, 0.15) is 11.9 Å². The van der Waals surface area contributed by atoms with E-state index in [0.717, 1.165) is 11.1 Å². The molecule has 0 radical (unpaired) electrons. The normalized spacial score (nSPS) is 19.5. The van der Waals surface area contributed by atoms with Gasteiger partial charge in [-0.3, -0.25) is 4.79 Å². The fraction of sp³-hybridized carbons (Fsp3) is 0.276. The predicted molar refractivity (Wildman–Crippen MR) is 146 cm³/mol. The molecule has 2 aromatic carbocycles. The lowest BCUT2D eigenvalue weighted by molar-refractivity contribution is -0.0882. The first-order valence-corrected chi connectivity index (χ1v) is 11.6. The first kappa shape index (κ1) is 27.6. The van der Waals surface area contributed by atoms with Crippen molar-refractivity contribution in [2.75, 3.05) is 46.6 Å². The number of nitrogen functional groups attached to an aromatic ring is 1. The number of ether oxygens (including phenoxy) is 5. The highest BCUT2D eigenvalue weighted by molar-refractivity contribution is 6.08. The zero-order chi connectivity index (χ0) is 27.0. The van der Waals surface area contributed by atoms with Crippen molar-refractivity contribution >= 4 is 23.2 Å². The minimum absolute atomic E-state index is 0.215. The van der Waals surface area contributed by atoms with E-state index in [2.05, 4.69) is 5.32 Å². The number of carbonyl (C=O) groups is 1. The number of methoxy groups -OCH3 is 5. The molecule has 2 unspecified atom stereocenters. The van der Waals surface area contributed by atoms with E-state index in [4.69, 9.17) is 29.4 Å². The average molecular weight is 507 g/mol. The molecule has 2 atom stereocenters. The van der Waals surface area contributed by atoms with E-state index in [1.807, 2.05) is 43.4 Å². The number of anilines is 2. The summed E-state index contributed by atoms with van der Waals surface area (Å²) < 4.78 is 28.0. The van der Waals surface area contributed by atoms with E-state index >= 15 is 0 Å². The second-order valence-corrected chi connectivity index (χ2v) is 8.41. The smallest absolute Gasteiger partial charge is 0.189 e. The van der Waals surface area contributed by atoms with Gasteiger partial charge in [-0.05, 0) is 54.5 Å². The Labute approximate surface area is 218 Å². The van der Waals surface area contributed by atoms with Crippen LogP contribution in [0.15, 0.2) is 78.2 Å². The fourth-order valence-corrected chi connectivity index (χ4v) is 4.09. The number of para-hydroxylation sites is 1. The Hall–Kier alpha value is -4.01. The summed E-state index contributed by atoms with van der Waals surface area (Å²) in [4.78, 5) is 12.5. The van der Waals surface area contributed by atoms with Crippen molar-refractivity contribution in [3.8, 4) is 11.5 Å². The van der Waals surface area contributed by atoms with Gasteiger partial charge in [-0.15, -0.1) is 0 Å². The summed E-state index contributed by atoms with van der Waals surface area (Å²) in [6.07, 6.45) is 10.4. The molecule has 1 aliphatic rings. The number of carbonyl (C=O) groups excluding carboxylic acids is 1. The van der Waals surface area contributed by atoms with E-state index in [1.54, 1.807) is 66.0 Å². The number of benzene rings is 2. The molecule has 0 amide bonds. The molecular weight excluding hydrogens is 472 g/mol. The molecule has 8 nitrogen and oxygen atoms in total. The third kappa shape index (κ3) is 6.04. The summed E-state index contributed by atoms with van der Waals surface area (Å²) >= 11 is 0. The number of nitrogens with two attached hydrogens (primary N) is 1. The van der Waals surface area contributed by atoms with Crippen molar-refractivity contribution < 1.29 is 28.5 Å². The van der Waals surface area contributed by atoms with Gasteiger partial charge in [-0.25, -0.2) is 0 Å². The van der Waals surface area contributed by atoms with Crippen molar-refractivity contribution in [3.05, 3.63) is 89.4 Å². The Morgan fingerprint density at radius 2 is 1.78 bits per heavy atom. The minimum atomic E-state index is -0.727. The van der Waals surface area contributed by atoms with E-state index in [1.165, 1.54) is 6.08 Å². The summed E-state index contributed by atoms with van der Waals surface area (Å²) in [5.74, 6) is 1.48. The molecule has 0 saturated heterocycles. The van der Waals surface area contributed by atoms with Crippen LogP contribution in [0.4, 0.5) is 11.4 Å². The molecule has 0 saturated carbocycles. The van der Waals surface area contributed by atoms with Crippen LogP contribution >= 0.6 is 0 Å². The van der Waals surface area contributed by atoms with E-state index in [9.17, 15) is 4.79 Å².